The average molecular weight is 331 g/mol. The number of hydrogen-bond donors (Lipinski definition) is 1. The molecule has 20 heavy (non-hydrogen) atoms. The van der Waals surface area contributed by atoms with Crippen LogP contribution in [0.3, 0.4) is 0 Å². The summed E-state index contributed by atoms with van der Waals surface area (Å²) in [6.07, 6.45) is 0.107. The standard InChI is InChI=1S/C15H11BrN2O2/c16-10-5-1-4-8-13(10)20-15(19)9-14-17-11-6-2-3-7-12(11)18-14/h1-8H,9H2,(H,17,18). The summed E-state index contributed by atoms with van der Waals surface area (Å²) in [5.74, 6) is 0.757. The summed E-state index contributed by atoms with van der Waals surface area (Å²) in [7, 11) is 0. The van der Waals surface area contributed by atoms with Crippen LogP contribution in [0.15, 0.2) is 53.0 Å². The molecule has 0 radical (unpaired) electrons. The lowest BCUT2D eigenvalue weighted by atomic mass is 10.3. The lowest BCUT2D eigenvalue weighted by Crippen LogP contribution is -2.12. The third kappa shape index (κ3) is 2.72. The number of H-pyrrole nitrogens is 1. The fourth-order valence-corrected chi connectivity index (χ4v) is 2.28. The van der Waals surface area contributed by atoms with E-state index in [4.69, 9.17) is 4.74 Å². The number of carbonyl (C=O) groups excluding carboxylic acids is 1. The first-order chi connectivity index (χ1) is 9.72. The molecule has 0 unspecified atom stereocenters. The molecule has 0 fully saturated rings. The Kier molecular flexibility index (Phi) is 3.52. The maximum atomic E-state index is 11.9. The van der Waals surface area contributed by atoms with Gasteiger partial charge in [0.15, 0.2) is 0 Å². The summed E-state index contributed by atoms with van der Waals surface area (Å²) in [6, 6.07) is 14.9. The van der Waals surface area contributed by atoms with Crippen molar-refractivity contribution in [3.63, 3.8) is 0 Å². The summed E-state index contributed by atoms with van der Waals surface area (Å²) < 4.78 is 6.05. The van der Waals surface area contributed by atoms with Crippen LogP contribution in [-0.4, -0.2) is 15.9 Å². The fourth-order valence-electron chi connectivity index (χ4n) is 1.91. The molecule has 0 aliphatic rings. The SMILES string of the molecule is O=C(Cc1nc2ccccc2[nH]1)Oc1ccccc1Br. The molecule has 0 saturated heterocycles. The van der Waals surface area contributed by atoms with Crippen molar-refractivity contribution in [2.24, 2.45) is 0 Å². The van der Waals surface area contributed by atoms with E-state index in [1.54, 1.807) is 6.07 Å². The predicted molar refractivity (Wildman–Crippen MR) is 79.6 cm³/mol. The third-order valence-corrected chi connectivity index (χ3v) is 3.47. The lowest BCUT2D eigenvalue weighted by molar-refractivity contribution is -0.133. The van der Waals surface area contributed by atoms with E-state index in [1.165, 1.54) is 0 Å². The quantitative estimate of drug-likeness (QED) is 0.591. The molecular formula is C15H11BrN2O2. The Bertz CT molecular complexity index is 734. The smallest absolute Gasteiger partial charge is 0.318 e. The van der Waals surface area contributed by atoms with Crippen molar-refractivity contribution in [1.29, 1.82) is 0 Å². The Morgan fingerprint density at radius 1 is 1.15 bits per heavy atom. The molecule has 0 bridgehead atoms. The second kappa shape index (κ2) is 5.46. The maximum Gasteiger partial charge on any atom is 0.318 e. The van der Waals surface area contributed by atoms with Gasteiger partial charge in [0.1, 0.15) is 18.0 Å². The van der Waals surface area contributed by atoms with Gasteiger partial charge < -0.3 is 9.72 Å². The largest absolute Gasteiger partial charge is 0.425 e. The molecule has 0 amide bonds. The predicted octanol–water partition coefficient (Wildman–Crippen LogP) is 3.47. The van der Waals surface area contributed by atoms with Crippen LogP contribution in [0, 0.1) is 0 Å². The number of benzene rings is 2. The minimum absolute atomic E-state index is 0.107. The van der Waals surface area contributed by atoms with Crippen LogP contribution in [0.4, 0.5) is 0 Å². The van der Waals surface area contributed by atoms with Crippen LogP contribution >= 0.6 is 15.9 Å². The summed E-state index contributed by atoms with van der Waals surface area (Å²) in [5, 5.41) is 0. The van der Waals surface area contributed by atoms with Crippen molar-refractivity contribution < 1.29 is 9.53 Å². The maximum absolute atomic E-state index is 11.9. The van der Waals surface area contributed by atoms with Crippen molar-refractivity contribution >= 4 is 32.9 Å². The molecule has 0 atom stereocenters. The van der Waals surface area contributed by atoms with Crippen molar-refractivity contribution in [2.75, 3.05) is 0 Å². The normalized spacial score (nSPS) is 10.7. The van der Waals surface area contributed by atoms with E-state index < -0.39 is 0 Å². The Morgan fingerprint density at radius 2 is 1.90 bits per heavy atom. The van der Waals surface area contributed by atoms with Crippen molar-refractivity contribution in [3.8, 4) is 5.75 Å². The number of rotatable bonds is 3. The van der Waals surface area contributed by atoms with Crippen LogP contribution in [0.25, 0.3) is 11.0 Å². The number of carbonyl (C=O) groups is 1. The van der Waals surface area contributed by atoms with Gasteiger partial charge in [-0.15, -0.1) is 0 Å². The molecule has 0 aliphatic carbocycles. The van der Waals surface area contributed by atoms with Crippen LogP contribution in [0.2, 0.25) is 0 Å². The number of nitrogens with one attached hydrogen (secondary N) is 1. The molecule has 0 aliphatic heterocycles. The number of para-hydroxylation sites is 3. The minimum Gasteiger partial charge on any atom is -0.425 e. The highest BCUT2D eigenvalue weighted by atomic mass is 79.9. The van der Waals surface area contributed by atoms with Gasteiger partial charge in [0.2, 0.25) is 0 Å². The number of aromatic nitrogens is 2. The first-order valence-electron chi connectivity index (χ1n) is 6.11. The molecule has 0 spiro atoms. The van der Waals surface area contributed by atoms with Crippen LogP contribution in [0.1, 0.15) is 5.82 Å². The Balaban J connectivity index is 1.74. The van der Waals surface area contributed by atoms with Gasteiger partial charge >= 0.3 is 5.97 Å². The number of aromatic amines is 1. The van der Waals surface area contributed by atoms with Gasteiger partial charge in [-0.3, -0.25) is 4.79 Å². The van der Waals surface area contributed by atoms with E-state index >= 15 is 0 Å². The summed E-state index contributed by atoms with van der Waals surface area (Å²) >= 11 is 3.34. The van der Waals surface area contributed by atoms with Crippen LogP contribution in [0.5, 0.6) is 5.75 Å². The monoisotopic (exact) mass is 330 g/mol. The van der Waals surface area contributed by atoms with E-state index in [2.05, 4.69) is 25.9 Å². The summed E-state index contributed by atoms with van der Waals surface area (Å²) in [6.45, 7) is 0. The minimum atomic E-state index is -0.351. The number of imidazole rings is 1. The Morgan fingerprint density at radius 3 is 2.70 bits per heavy atom. The summed E-state index contributed by atoms with van der Waals surface area (Å²) in [4.78, 5) is 19.4. The van der Waals surface area contributed by atoms with E-state index in [9.17, 15) is 4.79 Å². The number of halogens is 1. The van der Waals surface area contributed by atoms with Gasteiger partial charge in [-0.1, -0.05) is 24.3 Å². The number of fused-ring (bicyclic) bond motifs is 1. The van der Waals surface area contributed by atoms with E-state index in [-0.39, 0.29) is 12.4 Å². The van der Waals surface area contributed by atoms with Gasteiger partial charge in [0, 0.05) is 0 Å². The molecule has 1 aromatic heterocycles. The molecular weight excluding hydrogens is 320 g/mol. The molecule has 3 rings (SSSR count). The zero-order chi connectivity index (χ0) is 13.9. The molecule has 4 nitrogen and oxygen atoms in total. The third-order valence-electron chi connectivity index (χ3n) is 2.81. The van der Waals surface area contributed by atoms with Crippen molar-refractivity contribution in [3.05, 3.63) is 58.8 Å². The van der Waals surface area contributed by atoms with Gasteiger partial charge in [-0.05, 0) is 40.2 Å². The Labute approximate surface area is 123 Å². The second-order valence-corrected chi connectivity index (χ2v) is 5.14. The van der Waals surface area contributed by atoms with Gasteiger partial charge in [-0.2, -0.15) is 0 Å². The molecule has 5 heteroatoms. The fraction of sp³-hybridized carbons (Fsp3) is 0.0667. The zero-order valence-electron chi connectivity index (χ0n) is 10.5. The average Bonchev–Trinajstić information content (AvgIpc) is 2.83. The highest BCUT2D eigenvalue weighted by Gasteiger charge is 2.11. The first-order valence-corrected chi connectivity index (χ1v) is 6.90. The van der Waals surface area contributed by atoms with Crippen LogP contribution in [-0.2, 0) is 11.2 Å². The zero-order valence-corrected chi connectivity index (χ0v) is 12.1. The molecule has 2 aromatic carbocycles. The van der Waals surface area contributed by atoms with E-state index in [0.717, 1.165) is 15.5 Å². The number of ether oxygens (including phenoxy) is 1. The van der Waals surface area contributed by atoms with Gasteiger partial charge in [0.25, 0.3) is 0 Å². The number of hydrogen-bond acceptors (Lipinski definition) is 3. The summed E-state index contributed by atoms with van der Waals surface area (Å²) in [5.41, 5.74) is 1.76. The molecule has 0 saturated carbocycles. The topological polar surface area (TPSA) is 55.0 Å². The molecule has 3 aromatic rings. The van der Waals surface area contributed by atoms with E-state index in [0.29, 0.717) is 11.6 Å². The highest BCUT2D eigenvalue weighted by molar-refractivity contribution is 9.10. The molecule has 1 heterocycles. The number of nitrogens with zero attached hydrogens (tertiary/aromatic N) is 1. The second-order valence-electron chi connectivity index (χ2n) is 4.28. The van der Waals surface area contributed by atoms with E-state index in [1.807, 2.05) is 42.5 Å². The molecule has 100 valence electrons. The van der Waals surface area contributed by atoms with Crippen LogP contribution < -0.4 is 4.74 Å². The highest BCUT2D eigenvalue weighted by Crippen LogP contribution is 2.24. The Hall–Kier alpha value is -2.14. The van der Waals surface area contributed by atoms with Crippen molar-refractivity contribution in [2.45, 2.75) is 6.42 Å². The van der Waals surface area contributed by atoms with Gasteiger partial charge in [0.05, 0.1) is 15.5 Å². The first kappa shape index (κ1) is 12.9. The van der Waals surface area contributed by atoms with Crippen molar-refractivity contribution in [1.82, 2.24) is 9.97 Å². The van der Waals surface area contributed by atoms with Gasteiger partial charge in [-0.25, -0.2) is 4.98 Å². The number of esters is 1. The lowest BCUT2D eigenvalue weighted by Gasteiger charge is -2.04. The molecule has 1 N–H and O–H groups in total.